The highest BCUT2D eigenvalue weighted by Gasteiger charge is 2.39. The lowest BCUT2D eigenvalue weighted by Crippen LogP contribution is -2.25. The molecular weight excluding hydrogens is 210 g/mol. The van der Waals surface area contributed by atoms with Crippen molar-refractivity contribution in [1.82, 2.24) is 0 Å². The van der Waals surface area contributed by atoms with Crippen molar-refractivity contribution >= 4 is 11.6 Å². The Labute approximate surface area is 102 Å². The lowest BCUT2D eigenvalue weighted by Gasteiger charge is -2.17. The van der Waals surface area contributed by atoms with Gasteiger partial charge >= 0.3 is 0 Å². The Morgan fingerprint density at radius 1 is 1.29 bits per heavy atom. The van der Waals surface area contributed by atoms with Crippen LogP contribution < -0.4 is 5.32 Å². The standard InChI is InChI=1S/C15H16NO/c1-10-3-2-4-13(7-10)16-15(17)14-9-11-5-6-12(14)8-11/h2-7,11-12,14H,1,8-9H2,(H,16,17). The third-order valence-electron chi connectivity index (χ3n) is 3.81. The summed E-state index contributed by atoms with van der Waals surface area (Å²) in [5, 5.41) is 3.00. The van der Waals surface area contributed by atoms with Gasteiger partial charge in [-0.3, -0.25) is 4.79 Å². The molecule has 2 nitrogen and oxygen atoms in total. The molecule has 0 spiro atoms. The molecule has 1 aromatic rings. The second-order valence-electron chi connectivity index (χ2n) is 5.08. The van der Waals surface area contributed by atoms with Crippen LogP contribution in [-0.4, -0.2) is 5.91 Å². The monoisotopic (exact) mass is 226 g/mol. The van der Waals surface area contributed by atoms with Crippen molar-refractivity contribution in [1.29, 1.82) is 0 Å². The summed E-state index contributed by atoms with van der Waals surface area (Å²) in [5.74, 6) is 1.42. The van der Waals surface area contributed by atoms with Crippen molar-refractivity contribution in [3.63, 3.8) is 0 Å². The maximum atomic E-state index is 12.2. The Morgan fingerprint density at radius 2 is 2.18 bits per heavy atom. The Hall–Kier alpha value is -1.57. The molecule has 3 atom stereocenters. The van der Waals surface area contributed by atoms with Gasteiger partial charge in [0.05, 0.1) is 0 Å². The van der Waals surface area contributed by atoms with E-state index in [0.29, 0.717) is 11.8 Å². The predicted octanol–water partition coefficient (Wildman–Crippen LogP) is 3.02. The van der Waals surface area contributed by atoms with Crippen LogP contribution in [-0.2, 0) is 4.79 Å². The van der Waals surface area contributed by atoms with E-state index in [1.807, 2.05) is 24.3 Å². The highest BCUT2D eigenvalue weighted by Crippen LogP contribution is 2.43. The largest absolute Gasteiger partial charge is 0.326 e. The summed E-state index contributed by atoms with van der Waals surface area (Å²) in [6.07, 6.45) is 6.63. The van der Waals surface area contributed by atoms with Gasteiger partial charge in [-0.05, 0) is 49.3 Å². The molecule has 0 aliphatic heterocycles. The molecular formula is C15H16NO. The van der Waals surface area contributed by atoms with Gasteiger partial charge in [0.25, 0.3) is 0 Å². The average Bonchev–Trinajstić information content (AvgIpc) is 2.90. The fourth-order valence-corrected chi connectivity index (χ4v) is 2.97. The number of fused-ring (bicyclic) bond motifs is 2. The lowest BCUT2D eigenvalue weighted by molar-refractivity contribution is -0.120. The SMILES string of the molecule is [CH2]c1cccc(NC(=O)C2CC3C=CC2C3)c1. The first kappa shape index (κ1) is 10.6. The number of anilines is 1. The third-order valence-corrected chi connectivity index (χ3v) is 3.81. The number of carbonyl (C=O) groups excluding carboxylic acids is 1. The second-order valence-corrected chi connectivity index (χ2v) is 5.08. The molecule has 3 rings (SSSR count). The molecule has 1 aromatic carbocycles. The van der Waals surface area contributed by atoms with E-state index in [1.54, 1.807) is 0 Å². The topological polar surface area (TPSA) is 29.1 Å². The Morgan fingerprint density at radius 3 is 2.82 bits per heavy atom. The first-order valence-electron chi connectivity index (χ1n) is 6.13. The van der Waals surface area contributed by atoms with E-state index in [0.717, 1.165) is 24.1 Å². The van der Waals surface area contributed by atoms with Gasteiger partial charge in [0.1, 0.15) is 0 Å². The average molecular weight is 226 g/mol. The van der Waals surface area contributed by atoms with Crippen LogP contribution in [0.1, 0.15) is 18.4 Å². The van der Waals surface area contributed by atoms with Crippen LogP contribution in [0, 0.1) is 24.7 Å². The zero-order valence-electron chi connectivity index (χ0n) is 9.73. The third kappa shape index (κ3) is 1.99. The van der Waals surface area contributed by atoms with Crippen LogP contribution in [0.15, 0.2) is 36.4 Å². The molecule has 2 bridgehead atoms. The van der Waals surface area contributed by atoms with Crippen molar-refractivity contribution in [3.05, 3.63) is 48.9 Å². The molecule has 2 aliphatic carbocycles. The Kier molecular flexibility index (Phi) is 2.50. The Balaban J connectivity index is 1.70. The number of amides is 1. The van der Waals surface area contributed by atoms with Crippen LogP contribution in [0.3, 0.4) is 0 Å². The van der Waals surface area contributed by atoms with Crippen molar-refractivity contribution in [3.8, 4) is 0 Å². The molecule has 17 heavy (non-hydrogen) atoms. The number of allylic oxidation sites excluding steroid dienone is 2. The van der Waals surface area contributed by atoms with E-state index in [1.165, 1.54) is 0 Å². The molecule has 87 valence electrons. The fourth-order valence-electron chi connectivity index (χ4n) is 2.97. The Bertz CT molecular complexity index is 478. The summed E-state index contributed by atoms with van der Waals surface area (Å²) in [5.41, 5.74) is 1.78. The normalized spacial score (nSPS) is 29.6. The van der Waals surface area contributed by atoms with Gasteiger partial charge in [0.15, 0.2) is 0 Å². The zero-order chi connectivity index (χ0) is 11.8. The quantitative estimate of drug-likeness (QED) is 0.772. The van der Waals surface area contributed by atoms with Gasteiger partial charge in [0, 0.05) is 11.6 Å². The maximum absolute atomic E-state index is 12.2. The van der Waals surface area contributed by atoms with Gasteiger partial charge in [-0.1, -0.05) is 24.3 Å². The van der Waals surface area contributed by atoms with Crippen LogP contribution in [0.25, 0.3) is 0 Å². The van der Waals surface area contributed by atoms with Crippen molar-refractivity contribution < 1.29 is 4.79 Å². The minimum absolute atomic E-state index is 0.160. The molecule has 1 radical (unpaired) electrons. The summed E-state index contributed by atoms with van der Waals surface area (Å²) in [6.45, 7) is 3.86. The van der Waals surface area contributed by atoms with Crippen molar-refractivity contribution in [2.24, 2.45) is 17.8 Å². The van der Waals surface area contributed by atoms with E-state index in [-0.39, 0.29) is 11.8 Å². The van der Waals surface area contributed by atoms with Crippen molar-refractivity contribution in [2.45, 2.75) is 12.8 Å². The molecule has 1 fully saturated rings. The highest BCUT2D eigenvalue weighted by atomic mass is 16.1. The first-order chi connectivity index (χ1) is 8.22. The first-order valence-corrected chi connectivity index (χ1v) is 6.13. The zero-order valence-corrected chi connectivity index (χ0v) is 9.73. The summed E-state index contributed by atoms with van der Waals surface area (Å²) >= 11 is 0. The van der Waals surface area contributed by atoms with E-state index in [2.05, 4.69) is 24.4 Å². The molecule has 0 aromatic heterocycles. The van der Waals surface area contributed by atoms with E-state index >= 15 is 0 Å². The maximum Gasteiger partial charge on any atom is 0.228 e. The fraction of sp³-hybridized carbons (Fsp3) is 0.333. The summed E-state index contributed by atoms with van der Waals surface area (Å²) < 4.78 is 0. The minimum Gasteiger partial charge on any atom is -0.326 e. The van der Waals surface area contributed by atoms with Gasteiger partial charge in [-0.25, -0.2) is 0 Å². The van der Waals surface area contributed by atoms with E-state index in [4.69, 9.17) is 0 Å². The van der Waals surface area contributed by atoms with Crippen LogP contribution in [0.4, 0.5) is 5.69 Å². The predicted molar refractivity (Wildman–Crippen MR) is 68.4 cm³/mol. The molecule has 2 heteroatoms. The van der Waals surface area contributed by atoms with Crippen LogP contribution in [0.5, 0.6) is 0 Å². The van der Waals surface area contributed by atoms with Gasteiger partial charge in [-0.2, -0.15) is 0 Å². The lowest BCUT2D eigenvalue weighted by atomic mass is 9.93. The summed E-state index contributed by atoms with van der Waals surface area (Å²) in [7, 11) is 0. The molecule has 1 saturated carbocycles. The minimum atomic E-state index is 0.160. The van der Waals surface area contributed by atoms with Crippen LogP contribution >= 0.6 is 0 Å². The van der Waals surface area contributed by atoms with Gasteiger partial charge < -0.3 is 5.32 Å². The molecule has 1 amide bonds. The number of hydrogen-bond acceptors (Lipinski definition) is 1. The molecule has 2 aliphatic rings. The smallest absolute Gasteiger partial charge is 0.228 e. The van der Waals surface area contributed by atoms with Gasteiger partial charge in [0.2, 0.25) is 5.91 Å². The number of benzene rings is 1. The van der Waals surface area contributed by atoms with Crippen molar-refractivity contribution in [2.75, 3.05) is 5.32 Å². The number of carbonyl (C=O) groups is 1. The summed E-state index contributed by atoms with van der Waals surface area (Å²) in [4.78, 5) is 12.2. The van der Waals surface area contributed by atoms with Gasteiger partial charge in [-0.15, -0.1) is 0 Å². The number of hydrogen-bond donors (Lipinski definition) is 1. The number of nitrogens with one attached hydrogen (secondary N) is 1. The molecule has 0 heterocycles. The van der Waals surface area contributed by atoms with E-state index in [9.17, 15) is 4.79 Å². The highest BCUT2D eigenvalue weighted by molar-refractivity contribution is 5.93. The summed E-state index contributed by atoms with van der Waals surface area (Å²) in [6, 6.07) is 7.66. The second kappa shape index (κ2) is 4.02. The van der Waals surface area contributed by atoms with Crippen LogP contribution in [0.2, 0.25) is 0 Å². The molecule has 3 unspecified atom stereocenters. The number of rotatable bonds is 2. The van der Waals surface area contributed by atoms with E-state index < -0.39 is 0 Å². The molecule has 0 saturated heterocycles. The molecule has 1 N–H and O–H groups in total.